The molecule has 0 saturated heterocycles. The number of fused-ring (bicyclic) bond motifs is 1. The molecule has 1 heterocycles. The first kappa shape index (κ1) is 13.3. The summed E-state index contributed by atoms with van der Waals surface area (Å²) in [4.78, 5) is 3.26. The smallest absolute Gasteiger partial charge is 0.178 e. The zero-order valence-corrected chi connectivity index (χ0v) is 11.8. The number of H-pyrrole nitrogens is 1. The summed E-state index contributed by atoms with van der Waals surface area (Å²) in [5.41, 5.74) is 3.55. The van der Waals surface area contributed by atoms with Crippen LogP contribution < -0.4 is 0 Å². The van der Waals surface area contributed by atoms with Crippen LogP contribution >= 0.6 is 12.2 Å². The van der Waals surface area contributed by atoms with Gasteiger partial charge in [0.1, 0.15) is 0 Å². The van der Waals surface area contributed by atoms with E-state index in [1.165, 1.54) is 11.1 Å². The first-order valence-corrected chi connectivity index (χ1v) is 6.90. The van der Waals surface area contributed by atoms with E-state index < -0.39 is 0 Å². The second kappa shape index (κ2) is 6.16. The number of nitrogens with zero attached hydrogens (tertiary/aromatic N) is 1. The van der Waals surface area contributed by atoms with Crippen LogP contribution in [0.15, 0.2) is 18.2 Å². The summed E-state index contributed by atoms with van der Waals surface area (Å²) in [5, 5.41) is 0. The van der Waals surface area contributed by atoms with Crippen LogP contribution in [0.5, 0.6) is 0 Å². The van der Waals surface area contributed by atoms with E-state index in [9.17, 15) is 0 Å². The molecule has 98 valence electrons. The van der Waals surface area contributed by atoms with Crippen LogP contribution in [0.25, 0.3) is 11.0 Å². The van der Waals surface area contributed by atoms with Gasteiger partial charge in [-0.05, 0) is 49.7 Å². The van der Waals surface area contributed by atoms with Crippen molar-refractivity contribution in [3.05, 3.63) is 28.5 Å². The highest BCUT2D eigenvalue weighted by atomic mass is 32.1. The first-order chi connectivity index (χ1) is 8.72. The predicted octanol–water partition coefficient (Wildman–Crippen LogP) is 3.82. The Hall–Kier alpha value is -1.13. The molecule has 0 atom stereocenters. The van der Waals surface area contributed by atoms with Gasteiger partial charge in [-0.25, -0.2) is 0 Å². The third-order valence-corrected chi connectivity index (χ3v) is 3.27. The van der Waals surface area contributed by atoms with Crippen molar-refractivity contribution >= 4 is 23.3 Å². The molecule has 0 unspecified atom stereocenters. The van der Waals surface area contributed by atoms with Gasteiger partial charge < -0.3 is 14.3 Å². The first-order valence-electron chi connectivity index (χ1n) is 6.49. The van der Waals surface area contributed by atoms with Crippen molar-refractivity contribution in [2.45, 2.75) is 33.2 Å². The van der Waals surface area contributed by atoms with Crippen molar-refractivity contribution in [1.82, 2.24) is 9.55 Å². The zero-order valence-electron chi connectivity index (χ0n) is 11.0. The van der Waals surface area contributed by atoms with Crippen molar-refractivity contribution in [3.8, 4) is 0 Å². The van der Waals surface area contributed by atoms with Crippen LogP contribution in [0.1, 0.15) is 25.3 Å². The van der Waals surface area contributed by atoms with Crippen LogP contribution in [0.4, 0.5) is 0 Å². The van der Waals surface area contributed by atoms with E-state index in [-0.39, 0.29) is 0 Å². The molecular weight excluding hydrogens is 244 g/mol. The average molecular weight is 264 g/mol. The van der Waals surface area contributed by atoms with E-state index >= 15 is 0 Å². The van der Waals surface area contributed by atoms with Crippen LogP contribution in [-0.2, 0) is 11.3 Å². The van der Waals surface area contributed by atoms with E-state index in [0.29, 0.717) is 0 Å². The molecule has 3 nitrogen and oxygen atoms in total. The van der Waals surface area contributed by atoms with E-state index in [4.69, 9.17) is 17.0 Å². The fourth-order valence-corrected chi connectivity index (χ4v) is 2.37. The zero-order chi connectivity index (χ0) is 13.0. The van der Waals surface area contributed by atoms with E-state index in [1.807, 2.05) is 0 Å². The quantitative estimate of drug-likeness (QED) is 0.635. The summed E-state index contributed by atoms with van der Waals surface area (Å²) in [7, 11) is 0. The van der Waals surface area contributed by atoms with Gasteiger partial charge in [-0.1, -0.05) is 13.0 Å². The van der Waals surface area contributed by atoms with Crippen molar-refractivity contribution in [3.63, 3.8) is 0 Å². The van der Waals surface area contributed by atoms with Crippen LogP contribution in [0, 0.1) is 11.7 Å². The van der Waals surface area contributed by atoms with E-state index in [2.05, 4.69) is 41.6 Å². The predicted molar refractivity (Wildman–Crippen MR) is 77.6 cm³/mol. The molecule has 0 fully saturated rings. The van der Waals surface area contributed by atoms with Crippen LogP contribution in [0.3, 0.4) is 0 Å². The number of hydrogen-bond donors (Lipinski definition) is 1. The van der Waals surface area contributed by atoms with Crippen LogP contribution in [-0.4, -0.2) is 22.8 Å². The Morgan fingerprint density at radius 1 is 1.33 bits per heavy atom. The lowest BCUT2D eigenvalue weighted by Crippen LogP contribution is -2.03. The van der Waals surface area contributed by atoms with Gasteiger partial charge in [-0.2, -0.15) is 0 Å². The summed E-state index contributed by atoms with van der Waals surface area (Å²) < 4.78 is 8.44. The number of ether oxygens (including phenoxy) is 1. The molecule has 0 bridgehead atoms. The van der Waals surface area contributed by atoms with Gasteiger partial charge in [-0.3, -0.25) is 0 Å². The molecule has 0 amide bonds. The lowest BCUT2D eigenvalue weighted by Gasteiger charge is -2.05. The van der Waals surface area contributed by atoms with E-state index in [1.54, 1.807) is 0 Å². The van der Waals surface area contributed by atoms with Crippen molar-refractivity contribution in [1.29, 1.82) is 0 Å². The highest BCUT2D eigenvalue weighted by molar-refractivity contribution is 7.71. The average Bonchev–Trinajstić information content (AvgIpc) is 2.64. The molecule has 0 aliphatic rings. The third kappa shape index (κ3) is 3.00. The van der Waals surface area contributed by atoms with Gasteiger partial charge in [0.15, 0.2) is 4.77 Å². The number of aromatic nitrogens is 2. The molecule has 18 heavy (non-hydrogen) atoms. The molecule has 2 aromatic rings. The summed E-state index contributed by atoms with van der Waals surface area (Å²) in [6.45, 7) is 6.77. The molecule has 0 radical (unpaired) electrons. The second-order valence-electron chi connectivity index (χ2n) is 4.57. The largest absolute Gasteiger partial charge is 0.381 e. The standard InChI is InChI=1S/C14H20N2OS/c1-3-8-17-9-4-7-16-13-6-5-11(2)10-12(13)15-14(16)18/h5-6,10H,3-4,7-9H2,1-2H3,(H,15,18). The maximum absolute atomic E-state index is 5.49. The summed E-state index contributed by atoms with van der Waals surface area (Å²) in [6.07, 6.45) is 2.07. The Kier molecular flexibility index (Phi) is 4.55. The maximum Gasteiger partial charge on any atom is 0.178 e. The number of aryl methyl sites for hydroxylation is 2. The normalized spacial score (nSPS) is 11.2. The highest BCUT2D eigenvalue weighted by Crippen LogP contribution is 2.16. The Morgan fingerprint density at radius 3 is 2.94 bits per heavy atom. The molecule has 2 rings (SSSR count). The summed E-state index contributed by atoms with van der Waals surface area (Å²) >= 11 is 5.36. The second-order valence-corrected chi connectivity index (χ2v) is 4.96. The molecule has 1 aromatic carbocycles. The van der Waals surface area contributed by atoms with Crippen molar-refractivity contribution < 1.29 is 4.74 Å². The Morgan fingerprint density at radius 2 is 2.17 bits per heavy atom. The van der Waals surface area contributed by atoms with Crippen LogP contribution in [0.2, 0.25) is 0 Å². The van der Waals surface area contributed by atoms with Crippen molar-refractivity contribution in [2.24, 2.45) is 0 Å². The monoisotopic (exact) mass is 264 g/mol. The number of nitrogens with one attached hydrogen (secondary N) is 1. The molecule has 0 spiro atoms. The molecule has 1 aromatic heterocycles. The molecule has 1 N–H and O–H groups in total. The summed E-state index contributed by atoms with van der Waals surface area (Å²) in [5.74, 6) is 0. The fourth-order valence-electron chi connectivity index (χ4n) is 2.07. The molecule has 0 saturated carbocycles. The third-order valence-electron chi connectivity index (χ3n) is 2.95. The Labute approximate surface area is 113 Å². The minimum absolute atomic E-state index is 0.797. The Bertz CT molecular complexity index is 571. The summed E-state index contributed by atoms with van der Waals surface area (Å²) in [6, 6.07) is 6.38. The molecule has 0 aliphatic heterocycles. The SMILES string of the molecule is CCCOCCCn1c(=S)[nH]c2cc(C)ccc21. The van der Waals surface area contributed by atoms with Gasteiger partial charge in [-0.15, -0.1) is 0 Å². The number of rotatable bonds is 6. The van der Waals surface area contributed by atoms with Gasteiger partial charge in [0.05, 0.1) is 11.0 Å². The maximum atomic E-state index is 5.49. The van der Waals surface area contributed by atoms with Gasteiger partial charge in [0.2, 0.25) is 0 Å². The Balaban J connectivity index is 2.08. The molecular formula is C14H20N2OS. The number of hydrogen-bond acceptors (Lipinski definition) is 2. The number of imidazole rings is 1. The van der Waals surface area contributed by atoms with Gasteiger partial charge in [0, 0.05) is 19.8 Å². The van der Waals surface area contributed by atoms with E-state index in [0.717, 1.165) is 42.9 Å². The molecule has 4 heteroatoms. The minimum Gasteiger partial charge on any atom is -0.381 e. The number of aromatic amines is 1. The van der Waals surface area contributed by atoms with Crippen molar-refractivity contribution in [2.75, 3.05) is 13.2 Å². The van der Waals surface area contributed by atoms with Gasteiger partial charge in [0.25, 0.3) is 0 Å². The highest BCUT2D eigenvalue weighted by Gasteiger charge is 2.03. The number of benzene rings is 1. The van der Waals surface area contributed by atoms with Gasteiger partial charge >= 0.3 is 0 Å². The lowest BCUT2D eigenvalue weighted by molar-refractivity contribution is 0.129. The topological polar surface area (TPSA) is 29.9 Å². The molecule has 0 aliphatic carbocycles. The lowest BCUT2D eigenvalue weighted by atomic mass is 10.2. The minimum atomic E-state index is 0.797. The fraction of sp³-hybridized carbons (Fsp3) is 0.500.